The Balaban J connectivity index is 2.16. The zero-order valence-corrected chi connectivity index (χ0v) is 14.5. The third-order valence-electron chi connectivity index (χ3n) is 3.61. The summed E-state index contributed by atoms with van der Waals surface area (Å²) in [7, 11) is 0. The number of benzene rings is 1. The molecule has 1 heterocycles. The standard InChI is InChI=1S/C19H25N3O2/c1-4-22(14-19(2,3)24)18(23)16-9-5-6-10-17(16)21-13-15-8-7-11-20-12-15/h5-12,21,24H,4,13-14H2,1-3H3. The van der Waals surface area contributed by atoms with E-state index >= 15 is 0 Å². The van der Waals surface area contributed by atoms with Gasteiger partial charge in [-0.2, -0.15) is 0 Å². The number of hydrogen-bond acceptors (Lipinski definition) is 4. The molecule has 0 aliphatic heterocycles. The molecule has 24 heavy (non-hydrogen) atoms. The van der Waals surface area contributed by atoms with Gasteiger partial charge in [0.1, 0.15) is 0 Å². The predicted molar refractivity (Wildman–Crippen MR) is 95.9 cm³/mol. The van der Waals surface area contributed by atoms with Crippen molar-refractivity contribution in [3.05, 3.63) is 59.9 Å². The zero-order valence-electron chi connectivity index (χ0n) is 14.5. The number of nitrogens with zero attached hydrogens (tertiary/aromatic N) is 2. The van der Waals surface area contributed by atoms with Gasteiger partial charge in [-0.3, -0.25) is 9.78 Å². The fraction of sp³-hybridized carbons (Fsp3) is 0.368. The van der Waals surface area contributed by atoms with Gasteiger partial charge in [-0.05, 0) is 44.5 Å². The minimum Gasteiger partial charge on any atom is -0.389 e. The maximum Gasteiger partial charge on any atom is 0.256 e. The Morgan fingerprint density at radius 2 is 2.00 bits per heavy atom. The first-order valence-corrected chi connectivity index (χ1v) is 8.14. The number of para-hydroxylation sites is 1. The number of aromatic nitrogens is 1. The highest BCUT2D eigenvalue weighted by Crippen LogP contribution is 2.19. The van der Waals surface area contributed by atoms with E-state index in [2.05, 4.69) is 10.3 Å². The van der Waals surface area contributed by atoms with Crippen LogP contribution in [0.4, 0.5) is 5.69 Å². The predicted octanol–water partition coefficient (Wildman–Crippen LogP) is 2.93. The summed E-state index contributed by atoms with van der Waals surface area (Å²) in [6, 6.07) is 11.3. The normalized spacial score (nSPS) is 11.2. The summed E-state index contributed by atoms with van der Waals surface area (Å²) in [5.41, 5.74) is 1.50. The molecule has 0 fully saturated rings. The summed E-state index contributed by atoms with van der Waals surface area (Å²) in [4.78, 5) is 18.6. The van der Waals surface area contributed by atoms with Gasteiger partial charge in [0.25, 0.3) is 5.91 Å². The van der Waals surface area contributed by atoms with Crippen LogP contribution in [-0.2, 0) is 6.54 Å². The monoisotopic (exact) mass is 327 g/mol. The molecule has 0 spiro atoms. The lowest BCUT2D eigenvalue weighted by atomic mass is 10.1. The number of pyridine rings is 1. The van der Waals surface area contributed by atoms with E-state index in [0.29, 0.717) is 25.2 Å². The van der Waals surface area contributed by atoms with Gasteiger partial charge in [-0.25, -0.2) is 0 Å². The smallest absolute Gasteiger partial charge is 0.256 e. The summed E-state index contributed by atoms with van der Waals surface area (Å²) < 4.78 is 0. The number of anilines is 1. The number of rotatable bonds is 7. The molecule has 2 rings (SSSR count). The molecule has 0 bridgehead atoms. The lowest BCUT2D eigenvalue weighted by molar-refractivity contribution is 0.0315. The molecule has 5 heteroatoms. The van der Waals surface area contributed by atoms with Crippen molar-refractivity contribution < 1.29 is 9.90 Å². The maximum absolute atomic E-state index is 12.8. The molecule has 0 radical (unpaired) electrons. The van der Waals surface area contributed by atoms with Crippen LogP contribution in [0.3, 0.4) is 0 Å². The SMILES string of the molecule is CCN(CC(C)(C)O)C(=O)c1ccccc1NCc1cccnc1. The highest BCUT2D eigenvalue weighted by Gasteiger charge is 2.23. The lowest BCUT2D eigenvalue weighted by Gasteiger charge is -2.28. The molecule has 128 valence electrons. The Labute approximate surface area is 143 Å². The van der Waals surface area contributed by atoms with Crippen LogP contribution in [0.2, 0.25) is 0 Å². The van der Waals surface area contributed by atoms with Crippen molar-refractivity contribution >= 4 is 11.6 Å². The van der Waals surface area contributed by atoms with E-state index in [1.165, 1.54) is 0 Å². The number of hydrogen-bond donors (Lipinski definition) is 2. The molecule has 1 amide bonds. The summed E-state index contributed by atoms with van der Waals surface area (Å²) in [6.07, 6.45) is 3.53. The van der Waals surface area contributed by atoms with Crippen molar-refractivity contribution in [1.29, 1.82) is 0 Å². The van der Waals surface area contributed by atoms with Crippen molar-refractivity contribution in [2.45, 2.75) is 32.9 Å². The molecule has 0 aliphatic carbocycles. The van der Waals surface area contributed by atoms with Crippen LogP contribution in [0.1, 0.15) is 36.7 Å². The second kappa shape index (κ2) is 7.93. The molecule has 1 aromatic carbocycles. The van der Waals surface area contributed by atoms with Crippen molar-refractivity contribution in [2.24, 2.45) is 0 Å². The Kier molecular flexibility index (Phi) is 5.93. The van der Waals surface area contributed by atoms with E-state index in [0.717, 1.165) is 11.3 Å². The van der Waals surface area contributed by atoms with Gasteiger partial charge in [0.2, 0.25) is 0 Å². The Morgan fingerprint density at radius 1 is 1.25 bits per heavy atom. The average Bonchev–Trinajstić information content (AvgIpc) is 2.57. The summed E-state index contributed by atoms with van der Waals surface area (Å²) >= 11 is 0. The van der Waals surface area contributed by atoms with Crippen molar-refractivity contribution in [3.63, 3.8) is 0 Å². The minimum atomic E-state index is -0.927. The molecule has 0 saturated carbocycles. The first-order chi connectivity index (χ1) is 11.4. The van der Waals surface area contributed by atoms with E-state index in [1.807, 2.05) is 37.3 Å². The van der Waals surface area contributed by atoms with E-state index in [1.54, 1.807) is 37.2 Å². The van der Waals surface area contributed by atoms with Gasteiger partial charge < -0.3 is 15.3 Å². The molecule has 0 aliphatic rings. The molecular weight excluding hydrogens is 302 g/mol. The van der Waals surface area contributed by atoms with E-state index in [9.17, 15) is 9.90 Å². The van der Waals surface area contributed by atoms with E-state index in [-0.39, 0.29) is 5.91 Å². The topological polar surface area (TPSA) is 65.5 Å². The largest absolute Gasteiger partial charge is 0.389 e. The van der Waals surface area contributed by atoms with Crippen LogP contribution in [0, 0.1) is 0 Å². The van der Waals surface area contributed by atoms with Crippen LogP contribution >= 0.6 is 0 Å². The van der Waals surface area contributed by atoms with Gasteiger partial charge in [0.05, 0.1) is 11.2 Å². The molecule has 2 N–H and O–H groups in total. The summed E-state index contributed by atoms with van der Waals surface area (Å²) in [5, 5.41) is 13.3. The summed E-state index contributed by atoms with van der Waals surface area (Å²) in [5.74, 6) is -0.0890. The van der Waals surface area contributed by atoms with Gasteiger partial charge in [-0.15, -0.1) is 0 Å². The highest BCUT2D eigenvalue weighted by atomic mass is 16.3. The van der Waals surface area contributed by atoms with E-state index < -0.39 is 5.60 Å². The molecule has 0 saturated heterocycles. The average molecular weight is 327 g/mol. The van der Waals surface area contributed by atoms with Crippen LogP contribution in [0.15, 0.2) is 48.8 Å². The maximum atomic E-state index is 12.8. The molecule has 5 nitrogen and oxygen atoms in total. The Bertz CT molecular complexity index is 666. The minimum absolute atomic E-state index is 0.0890. The van der Waals surface area contributed by atoms with Gasteiger partial charge in [0, 0.05) is 37.7 Å². The quantitative estimate of drug-likeness (QED) is 0.820. The number of carbonyl (C=O) groups is 1. The first kappa shape index (κ1) is 17.9. The van der Waals surface area contributed by atoms with Gasteiger partial charge in [0.15, 0.2) is 0 Å². The Morgan fingerprint density at radius 3 is 2.62 bits per heavy atom. The second-order valence-electron chi connectivity index (χ2n) is 6.39. The summed E-state index contributed by atoms with van der Waals surface area (Å²) in [6.45, 7) is 6.75. The number of likely N-dealkylation sites (N-methyl/N-ethyl adjacent to an activating group) is 1. The molecule has 2 aromatic rings. The van der Waals surface area contributed by atoms with Crippen LogP contribution < -0.4 is 5.32 Å². The third kappa shape index (κ3) is 5.06. The third-order valence-corrected chi connectivity index (χ3v) is 3.61. The van der Waals surface area contributed by atoms with Crippen LogP contribution in [-0.4, -0.2) is 39.6 Å². The van der Waals surface area contributed by atoms with Gasteiger partial charge in [-0.1, -0.05) is 18.2 Å². The number of amides is 1. The number of aliphatic hydroxyl groups is 1. The molecule has 0 atom stereocenters. The fourth-order valence-corrected chi connectivity index (χ4v) is 2.49. The van der Waals surface area contributed by atoms with E-state index in [4.69, 9.17) is 0 Å². The van der Waals surface area contributed by atoms with Gasteiger partial charge >= 0.3 is 0 Å². The van der Waals surface area contributed by atoms with Crippen molar-refractivity contribution in [1.82, 2.24) is 9.88 Å². The Hall–Kier alpha value is -2.40. The first-order valence-electron chi connectivity index (χ1n) is 8.14. The number of nitrogens with one attached hydrogen (secondary N) is 1. The fourth-order valence-electron chi connectivity index (χ4n) is 2.49. The second-order valence-corrected chi connectivity index (χ2v) is 6.39. The zero-order chi connectivity index (χ0) is 17.6. The number of carbonyl (C=O) groups excluding carboxylic acids is 1. The van der Waals surface area contributed by atoms with Crippen LogP contribution in [0.5, 0.6) is 0 Å². The van der Waals surface area contributed by atoms with Crippen molar-refractivity contribution in [3.8, 4) is 0 Å². The van der Waals surface area contributed by atoms with Crippen molar-refractivity contribution in [2.75, 3.05) is 18.4 Å². The molecule has 0 unspecified atom stereocenters. The lowest BCUT2D eigenvalue weighted by Crippen LogP contribution is -2.42. The molecule has 1 aromatic heterocycles. The highest BCUT2D eigenvalue weighted by molar-refractivity contribution is 5.99. The molecular formula is C19H25N3O2. The van der Waals surface area contributed by atoms with Crippen LogP contribution in [0.25, 0.3) is 0 Å².